The molecule has 3 heterocycles. The van der Waals surface area contributed by atoms with Crippen molar-refractivity contribution < 1.29 is 0 Å². The highest BCUT2D eigenvalue weighted by Gasteiger charge is 2.18. The molecule has 4 rings (SSSR count). The molecule has 0 spiro atoms. The van der Waals surface area contributed by atoms with Crippen molar-refractivity contribution in [1.82, 2.24) is 19.9 Å². The number of H-pyrrole nitrogens is 1. The Kier molecular flexibility index (Phi) is 4.44. The number of nitrogen functional groups attached to an aromatic ring is 1. The Morgan fingerprint density at radius 2 is 1.96 bits per heavy atom. The second-order valence-corrected chi connectivity index (χ2v) is 7.52. The Balaban J connectivity index is 1.76. The molecule has 1 atom stereocenters. The topological polar surface area (TPSA) is 74.1 Å². The average Bonchev–Trinajstić information content (AvgIpc) is 3.09. The number of fused-ring (bicyclic) bond motifs is 3. The molecule has 1 aliphatic heterocycles. The van der Waals surface area contributed by atoms with E-state index in [0.717, 1.165) is 66.8 Å². The molecule has 1 saturated heterocycles. The number of piperazine rings is 1. The van der Waals surface area contributed by atoms with Crippen molar-refractivity contribution in [3.8, 4) is 0 Å². The Labute approximate surface area is 154 Å². The molecular formula is C20H28N6. The van der Waals surface area contributed by atoms with Crippen LogP contribution in [-0.4, -0.2) is 53.1 Å². The van der Waals surface area contributed by atoms with E-state index in [0.29, 0.717) is 11.7 Å². The van der Waals surface area contributed by atoms with Crippen LogP contribution in [-0.2, 0) is 0 Å². The number of rotatable bonds is 4. The fraction of sp³-hybridized carbons (Fsp3) is 0.500. The van der Waals surface area contributed by atoms with Gasteiger partial charge in [0.1, 0.15) is 22.7 Å². The molecule has 0 saturated carbocycles. The van der Waals surface area contributed by atoms with E-state index in [2.05, 4.69) is 58.9 Å². The number of nitrogens with zero attached hydrogens (tertiary/aromatic N) is 4. The van der Waals surface area contributed by atoms with E-state index in [9.17, 15) is 0 Å². The quantitative estimate of drug-likeness (QED) is 0.753. The number of aromatic amines is 1. The lowest BCUT2D eigenvalue weighted by Crippen LogP contribution is -2.44. The maximum Gasteiger partial charge on any atom is 0.150 e. The molecule has 3 N–H and O–H groups in total. The highest BCUT2D eigenvalue weighted by atomic mass is 15.2. The van der Waals surface area contributed by atoms with E-state index in [1.165, 1.54) is 5.69 Å². The van der Waals surface area contributed by atoms with Crippen molar-refractivity contribution in [3.05, 3.63) is 24.0 Å². The first-order valence-corrected chi connectivity index (χ1v) is 9.59. The Hall–Kier alpha value is -2.34. The number of benzene rings is 1. The smallest absolute Gasteiger partial charge is 0.150 e. The Morgan fingerprint density at radius 3 is 2.69 bits per heavy atom. The molecule has 1 unspecified atom stereocenters. The third-order valence-corrected chi connectivity index (χ3v) is 5.51. The summed E-state index contributed by atoms with van der Waals surface area (Å²) in [5.74, 6) is 1.93. The number of pyridine rings is 1. The normalized spacial score (nSPS) is 17.3. The maximum absolute atomic E-state index is 6.25. The van der Waals surface area contributed by atoms with Crippen LogP contribution >= 0.6 is 0 Å². The molecule has 0 radical (unpaired) electrons. The number of anilines is 2. The molecule has 0 bridgehead atoms. The first-order valence-electron chi connectivity index (χ1n) is 9.59. The molecule has 1 aliphatic rings. The van der Waals surface area contributed by atoms with Gasteiger partial charge in [-0.3, -0.25) is 0 Å². The molecule has 26 heavy (non-hydrogen) atoms. The second-order valence-electron chi connectivity index (χ2n) is 7.52. The van der Waals surface area contributed by atoms with E-state index in [-0.39, 0.29) is 0 Å². The minimum Gasteiger partial charge on any atom is -0.382 e. The highest BCUT2D eigenvalue weighted by molar-refractivity contribution is 6.06. The summed E-state index contributed by atoms with van der Waals surface area (Å²) >= 11 is 0. The molecule has 6 nitrogen and oxygen atoms in total. The van der Waals surface area contributed by atoms with Gasteiger partial charge in [0.05, 0.1) is 5.52 Å². The summed E-state index contributed by atoms with van der Waals surface area (Å²) in [7, 11) is 2.17. The molecule has 0 aliphatic carbocycles. The number of nitrogens with one attached hydrogen (secondary N) is 1. The fourth-order valence-corrected chi connectivity index (χ4v) is 3.83. The largest absolute Gasteiger partial charge is 0.382 e. The molecule has 1 aromatic carbocycles. The first-order chi connectivity index (χ1) is 12.6. The van der Waals surface area contributed by atoms with Crippen LogP contribution in [0.5, 0.6) is 0 Å². The summed E-state index contributed by atoms with van der Waals surface area (Å²) in [6.45, 7) is 8.67. The maximum atomic E-state index is 6.25. The van der Waals surface area contributed by atoms with Crippen LogP contribution in [0.3, 0.4) is 0 Å². The van der Waals surface area contributed by atoms with Crippen LogP contribution in [0, 0.1) is 0 Å². The summed E-state index contributed by atoms with van der Waals surface area (Å²) in [4.78, 5) is 17.7. The van der Waals surface area contributed by atoms with Crippen LogP contribution in [0.2, 0.25) is 0 Å². The van der Waals surface area contributed by atoms with Gasteiger partial charge in [0.2, 0.25) is 0 Å². The van der Waals surface area contributed by atoms with Crippen molar-refractivity contribution in [1.29, 1.82) is 0 Å². The zero-order valence-corrected chi connectivity index (χ0v) is 15.9. The summed E-state index contributed by atoms with van der Waals surface area (Å²) in [6, 6.07) is 6.49. The van der Waals surface area contributed by atoms with Crippen LogP contribution in [0.25, 0.3) is 21.9 Å². The SMILES string of the molecule is CCCC(C)c1nc2c([nH]1)c(N)nc1cc(N3CCN(C)CC3)ccc12. The third kappa shape index (κ3) is 2.98. The van der Waals surface area contributed by atoms with E-state index in [4.69, 9.17) is 10.7 Å². The van der Waals surface area contributed by atoms with Gasteiger partial charge in [0, 0.05) is 43.2 Å². The van der Waals surface area contributed by atoms with Crippen molar-refractivity contribution in [2.45, 2.75) is 32.6 Å². The Bertz CT molecular complexity index is 923. The number of nitrogens with two attached hydrogens (primary N) is 1. The van der Waals surface area contributed by atoms with E-state index in [1.807, 2.05) is 0 Å². The van der Waals surface area contributed by atoms with Gasteiger partial charge in [0.25, 0.3) is 0 Å². The molecule has 138 valence electrons. The molecular weight excluding hydrogens is 324 g/mol. The monoisotopic (exact) mass is 352 g/mol. The lowest BCUT2D eigenvalue weighted by molar-refractivity contribution is 0.313. The third-order valence-electron chi connectivity index (χ3n) is 5.51. The number of imidazole rings is 1. The number of likely N-dealkylation sites (N-methyl/N-ethyl adjacent to an activating group) is 1. The minimum atomic E-state index is 0.395. The van der Waals surface area contributed by atoms with Gasteiger partial charge < -0.3 is 20.5 Å². The average molecular weight is 352 g/mol. The number of hydrogen-bond acceptors (Lipinski definition) is 5. The van der Waals surface area contributed by atoms with Gasteiger partial charge in [-0.15, -0.1) is 0 Å². The lowest BCUT2D eigenvalue weighted by Gasteiger charge is -2.34. The van der Waals surface area contributed by atoms with E-state index < -0.39 is 0 Å². The molecule has 6 heteroatoms. The molecule has 2 aromatic heterocycles. The fourth-order valence-electron chi connectivity index (χ4n) is 3.83. The van der Waals surface area contributed by atoms with Crippen molar-refractivity contribution in [2.75, 3.05) is 43.9 Å². The lowest BCUT2D eigenvalue weighted by atomic mass is 10.1. The van der Waals surface area contributed by atoms with Crippen LogP contribution in [0.1, 0.15) is 38.4 Å². The predicted octanol–water partition coefficient (Wildman–Crippen LogP) is 3.35. The van der Waals surface area contributed by atoms with Gasteiger partial charge in [-0.1, -0.05) is 20.3 Å². The van der Waals surface area contributed by atoms with Crippen molar-refractivity contribution in [3.63, 3.8) is 0 Å². The molecule has 3 aromatic rings. The Morgan fingerprint density at radius 1 is 1.19 bits per heavy atom. The van der Waals surface area contributed by atoms with E-state index in [1.54, 1.807) is 0 Å². The van der Waals surface area contributed by atoms with Gasteiger partial charge >= 0.3 is 0 Å². The van der Waals surface area contributed by atoms with Crippen LogP contribution in [0.15, 0.2) is 18.2 Å². The zero-order chi connectivity index (χ0) is 18.3. The number of hydrogen-bond donors (Lipinski definition) is 2. The van der Waals surface area contributed by atoms with E-state index >= 15 is 0 Å². The van der Waals surface area contributed by atoms with Gasteiger partial charge in [-0.25, -0.2) is 9.97 Å². The summed E-state index contributed by atoms with van der Waals surface area (Å²) < 4.78 is 0. The van der Waals surface area contributed by atoms with Crippen LogP contribution in [0.4, 0.5) is 11.5 Å². The minimum absolute atomic E-state index is 0.395. The van der Waals surface area contributed by atoms with Crippen LogP contribution < -0.4 is 10.6 Å². The molecule has 1 fully saturated rings. The highest BCUT2D eigenvalue weighted by Crippen LogP contribution is 2.31. The predicted molar refractivity (Wildman–Crippen MR) is 109 cm³/mol. The zero-order valence-electron chi connectivity index (χ0n) is 15.9. The second kappa shape index (κ2) is 6.76. The van der Waals surface area contributed by atoms with Crippen molar-refractivity contribution in [2.24, 2.45) is 0 Å². The summed E-state index contributed by atoms with van der Waals surface area (Å²) in [6.07, 6.45) is 2.25. The first kappa shape index (κ1) is 17.1. The number of aromatic nitrogens is 3. The summed E-state index contributed by atoms with van der Waals surface area (Å²) in [5, 5.41) is 1.07. The van der Waals surface area contributed by atoms with Gasteiger partial charge in [0.15, 0.2) is 0 Å². The van der Waals surface area contributed by atoms with Gasteiger partial charge in [-0.05, 0) is 31.7 Å². The summed E-state index contributed by atoms with van der Waals surface area (Å²) in [5.41, 5.74) is 10.2. The standard InChI is InChI=1S/C20H28N6/c1-4-5-13(2)20-23-17-15-7-6-14(26-10-8-25(3)9-11-26)12-16(15)22-19(21)18(17)24-20/h6-7,12-13H,4-5,8-11H2,1-3H3,(H2,21,22)(H,23,24). The van der Waals surface area contributed by atoms with Gasteiger partial charge in [-0.2, -0.15) is 0 Å². The van der Waals surface area contributed by atoms with Crippen molar-refractivity contribution >= 4 is 33.4 Å². The molecule has 0 amide bonds.